The number of ether oxygens (including phenoxy) is 1. The summed E-state index contributed by atoms with van der Waals surface area (Å²) in [7, 11) is 4.99. The lowest BCUT2D eigenvalue weighted by Gasteiger charge is -2.25. The van der Waals surface area contributed by atoms with Gasteiger partial charge in [-0.2, -0.15) is 5.10 Å². The molecule has 0 spiro atoms. The summed E-state index contributed by atoms with van der Waals surface area (Å²) in [6.45, 7) is 1.83. The highest BCUT2D eigenvalue weighted by Crippen LogP contribution is 2.20. The molecule has 0 bridgehead atoms. The molecule has 1 rings (SSSR count). The van der Waals surface area contributed by atoms with Crippen molar-refractivity contribution in [1.29, 1.82) is 0 Å². The molecule has 0 aliphatic heterocycles. The third kappa shape index (κ3) is 3.44. The van der Waals surface area contributed by atoms with Gasteiger partial charge in [0.15, 0.2) is 5.16 Å². The number of esters is 1. The van der Waals surface area contributed by atoms with E-state index in [4.69, 9.17) is 4.74 Å². The van der Waals surface area contributed by atoms with Gasteiger partial charge < -0.3 is 10.1 Å². The van der Waals surface area contributed by atoms with E-state index in [1.54, 1.807) is 23.5 Å². The van der Waals surface area contributed by atoms with Crippen LogP contribution in [0.2, 0.25) is 0 Å². The summed E-state index contributed by atoms with van der Waals surface area (Å²) in [4.78, 5) is 15.7. The molecular weight excluding hydrogens is 240 g/mol. The minimum Gasteiger partial charge on any atom is -0.468 e. The van der Waals surface area contributed by atoms with Crippen LogP contribution in [-0.4, -0.2) is 46.2 Å². The lowest BCUT2D eigenvalue weighted by atomic mass is 10.00. The van der Waals surface area contributed by atoms with E-state index in [9.17, 15) is 4.79 Å². The Hall–Kier alpha value is -1.08. The van der Waals surface area contributed by atoms with E-state index in [-0.39, 0.29) is 5.97 Å². The maximum atomic E-state index is 11.6. The molecule has 0 amide bonds. The van der Waals surface area contributed by atoms with Crippen molar-refractivity contribution in [2.24, 2.45) is 7.05 Å². The molecule has 1 atom stereocenters. The highest BCUT2D eigenvalue weighted by molar-refractivity contribution is 7.99. The summed E-state index contributed by atoms with van der Waals surface area (Å²) in [6, 6.07) is 0. The Balaban J connectivity index is 2.49. The highest BCUT2D eigenvalue weighted by atomic mass is 32.2. The quantitative estimate of drug-likeness (QED) is 0.590. The summed E-state index contributed by atoms with van der Waals surface area (Å²) in [6.07, 6.45) is 2.17. The first kappa shape index (κ1) is 14.0. The van der Waals surface area contributed by atoms with Crippen LogP contribution in [0, 0.1) is 0 Å². The average molecular weight is 258 g/mol. The van der Waals surface area contributed by atoms with Gasteiger partial charge in [0, 0.05) is 12.8 Å². The number of nitrogens with zero attached hydrogens (tertiary/aromatic N) is 3. The number of hydrogen-bond acceptors (Lipinski definition) is 6. The summed E-state index contributed by atoms with van der Waals surface area (Å²) >= 11 is 1.57. The first-order chi connectivity index (χ1) is 8.03. The smallest absolute Gasteiger partial charge is 0.325 e. The van der Waals surface area contributed by atoms with Gasteiger partial charge >= 0.3 is 5.97 Å². The van der Waals surface area contributed by atoms with E-state index in [2.05, 4.69) is 15.4 Å². The lowest BCUT2D eigenvalue weighted by molar-refractivity contribution is -0.147. The fourth-order valence-electron chi connectivity index (χ4n) is 1.32. The topological polar surface area (TPSA) is 69.0 Å². The number of hydrogen-bond donors (Lipinski definition) is 1. The number of methoxy groups -OCH3 is 1. The first-order valence-corrected chi connectivity index (χ1v) is 6.26. The number of carbonyl (C=O) groups is 1. The number of carbonyl (C=O) groups excluding carboxylic acids is 1. The number of nitrogens with one attached hydrogen (secondary N) is 1. The molecule has 1 heterocycles. The molecule has 0 radical (unpaired) electrons. The van der Waals surface area contributed by atoms with Crippen LogP contribution in [-0.2, 0) is 16.6 Å². The molecule has 1 unspecified atom stereocenters. The Morgan fingerprint density at radius 1 is 1.71 bits per heavy atom. The van der Waals surface area contributed by atoms with Gasteiger partial charge in [0.05, 0.1) is 7.11 Å². The van der Waals surface area contributed by atoms with E-state index in [1.165, 1.54) is 13.4 Å². The van der Waals surface area contributed by atoms with E-state index >= 15 is 0 Å². The molecule has 0 aliphatic carbocycles. The van der Waals surface area contributed by atoms with Crippen LogP contribution in [0.4, 0.5) is 0 Å². The second-order valence-corrected chi connectivity index (χ2v) is 4.90. The van der Waals surface area contributed by atoms with Gasteiger partial charge in [-0.25, -0.2) is 9.67 Å². The molecule has 7 heteroatoms. The van der Waals surface area contributed by atoms with Gasteiger partial charge in [-0.15, -0.1) is 0 Å². The number of aromatic nitrogens is 3. The summed E-state index contributed by atoms with van der Waals surface area (Å²) in [5, 5.41) is 7.81. The molecule has 96 valence electrons. The van der Waals surface area contributed by atoms with Crippen molar-refractivity contribution in [2.75, 3.05) is 19.9 Å². The maximum absolute atomic E-state index is 11.6. The third-order valence-electron chi connectivity index (χ3n) is 2.69. The van der Waals surface area contributed by atoms with Crippen LogP contribution >= 0.6 is 11.8 Å². The zero-order chi connectivity index (χ0) is 12.9. The lowest BCUT2D eigenvalue weighted by Crippen LogP contribution is -2.48. The van der Waals surface area contributed by atoms with Gasteiger partial charge in [0.2, 0.25) is 0 Å². The molecule has 0 fully saturated rings. The largest absolute Gasteiger partial charge is 0.468 e. The van der Waals surface area contributed by atoms with Crippen LogP contribution < -0.4 is 5.32 Å². The molecule has 1 aromatic rings. The van der Waals surface area contributed by atoms with Crippen molar-refractivity contribution < 1.29 is 9.53 Å². The van der Waals surface area contributed by atoms with Crippen molar-refractivity contribution in [2.45, 2.75) is 24.0 Å². The van der Waals surface area contributed by atoms with Crippen molar-refractivity contribution in [3.63, 3.8) is 0 Å². The van der Waals surface area contributed by atoms with Crippen molar-refractivity contribution >= 4 is 17.7 Å². The van der Waals surface area contributed by atoms with Crippen LogP contribution in [0.5, 0.6) is 0 Å². The van der Waals surface area contributed by atoms with Gasteiger partial charge in [0.25, 0.3) is 0 Å². The fourth-order valence-corrected chi connectivity index (χ4v) is 2.37. The monoisotopic (exact) mass is 258 g/mol. The molecule has 0 saturated heterocycles. The zero-order valence-corrected chi connectivity index (χ0v) is 11.4. The molecule has 0 aromatic carbocycles. The summed E-state index contributed by atoms with van der Waals surface area (Å²) in [5.74, 6) is 0.512. The molecule has 1 aromatic heterocycles. The third-order valence-corrected chi connectivity index (χ3v) is 3.73. The van der Waals surface area contributed by atoms with Crippen LogP contribution in [0.1, 0.15) is 13.3 Å². The Labute approximate surface area is 105 Å². The fraction of sp³-hybridized carbons (Fsp3) is 0.700. The molecule has 17 heavy (non-hydrogen) atoms. The van der Waals surface area contributed by atoms with E-state index < -0.39 is 5.54 Å². The Bertz CT molecular complexity index is 382. The van der Waals surface area contributed by atoms with Crippen LogP contribution in [0.25, 0.3) is 0 Å². The van der Waals surface area contributed by atoms with E-state index in [0.29, 0.717) is 6.42 Å². The number of likely N-dealkylation sites (N-methyl/N-ethyl adjacent to an activating group) is 1. The molecule has 0 aliphatic rings. The predicted molar refractivity (Wildman–Crippen MR) is 65.8 cm³/mol. The highest BCUT2D eigenvalue weighted by Gasteiger charge is 2.32. The van der Waals surface area contributed by atoms with Crippen molar-refractivity contribution in [3.8, 4) is 0 Å². The van der Waals surface area contributed by atoms with Crippen molar-refractivity contribution in [3.05, 3.63) is 6.33 Å². The zero-order valence-electron chi connectivity index (χ0n) is 10.6. The Morgan fingerprint density at radius 2 is 2.41 bits per heavy atom. The molecule has 1 N–H and O–H groups in total. The molecular formula is C10H18N4O2S. The van der Waals surface area contributed by atoms with Crippen molar-refractivity contribution in [1.82, 2.24) is 20.1 Å². The number of rotatable bonds is 6. The van der Waals surface area contributed by atoms with E-state index in [1.807, 2.05) is 14.0 Å². The van der Waals surface area contributed by atoms with Crippen LogP contribution in [0.3, 0.4) is 0 Å². The number of aryl methyl sites for hydroxylation is 1. The molecule has 6 nitrogen and oxygen atoms in total. The van der Waals surface area contributed by atoms with Gasteiger partial charge in [0.1, 0.15) is 11.9 Å². The first-order valence-electron chi connectivity index (χ1n) is 5.27. The van der Waals surface area contributed by atoms with Gasteiger partial charge in [-0.05, 0) is 20.4 Å². The SMILES string of the molecule is CNC(C)(CCSc1ncnn1C)C(=O)OC. The van der Waals surface area contributed by atoms with Crippen LogP contribution in [0.15, 0.2) is 11.5 Å². The minimum atomic E-state index is -0.652. The van der Waals surface area contributed by atoms with Gasteiger partial charge in [-0.1, -0.05) is 11.8 Å². The second kappa shape index (κ2) is 6.02. The summed E-state index contributed by atoms with van der Waals surface area (Å²) in [5.41, 5.74) is -0.652. The predicted octanol–water partition coefficient (Wildman–Crippen LogP) is 0.448. The number of thioether (sulfide) groups is 1. The summed E-state index contributed by atoms with van der Waals surface area (Å²) < 4.78 is 6.48. The van der Waals surface area contributed by atoms with Gasteiger partial charge in [-0.3, -0.25) is 4.79 Å². The second-order valence-electron chi connectivity index (χ2n) is 3.84. The Morgan fingerprint density at radius 3 is 2.88 bits per heavy atom. The maximum Gasteiger partial charge on any atom is 0.325 e. The standard InChI is InChI=1S/C10H18N4O2S/c1-10(11-2,8(15)16-4)5-6-17-9-12-7-13-14(9)3/h7,11H,5-6H2,1-4H3. The minimum absolute atomic E-state index is 0.251. The normalized spacial score (nSPS) is 14.4. The molecule has 0 saturated carbocycles. The Kier molecular flexibility index (Phi) is 4.95. The van der Waals surface area contributed by atoms with E-state index in [0.717, 1.165) is 10.9 Å². The average Bonchev–Trinajstić information content (AvgIpc) is 2.74.